The molecule has 0 heterocycles. The van der Waals surface area contributed by atoms with Crippen molar-refractivity contribution in [2.24, 2.45) is 0 Å². The lowest BCUT2D eigenvalue weighted by atomic mass is 10.1. The average molecular weight is 370 g/mol. The molecule has 26 heavy (non-hydrogen) atoms. The van der Waals surface area contributed by atoms with Crippen LogP contribution in [0.4, 0.5) is 17.1 Å². The Hall–Kier alpha value is -3.12. The number of halogens is 1. The van der Waals surface area contributed by atoms with Crippen LogP contribution < -0.4 is 10.2 Å². The van der Waals surface area contributed by atoms with Crippen molar-refractivity contribution in [3.05, 3.63) is 75.3 Å². The molecule has 0 aliphatic carbocycles. The first-order valence-electron chi connectivity index (χ1n) is 7.83. The smallest absolute Gasteiger partial charge is 0.288 e. The fraction of sp³-hybridized carbons (Fsp3) is 0.105. The normalized spacial score (nSPS) is 10.6. The zero-order valence-electron chi connectivity index (χ0n) is 14.2. The predicted octanol–water partition coefficient (Wildman–Crippen LogP) is 4.72. The Balaban J connectivity index is 1.99. The van der Waals surface area contributed by atoms with E-state index in [4.69, 9.17) is 11.6 Å². The van der Waals surface area contributed by atoms with E-state index in [0.29, 0.717) is 5.69 Å². The zero-order chi connectivity index (χ0) is 18.8. The number of nitrogens with one attached hydrogen (secondary N) is 1. The van der Waals surface area contributed by atoms with Crippen molar-refractivity contribution in [2.75, 3.05) is 24.3 Å². The van der Waals surface area contributed by atoms with E-state index < -0.39 is 10.8 Å². The van der Waals surface area contributed by atoms with E-state index in [2.05, 4.69) is 5.32 Å². The monoisotopic (exact) mass is 369 g/mol. The number of anilines is 2. The van der Waals surface area contributed by atoms with E-state index in [1.807, 2.05) is 55.4 Å². The van der Waals surface area contributed by atoms with Crippen LogP contribution in [0, 0.1) is 10.1 Å². The number of amides is 1. The van der Waals surface area contributed by atoms with E-state index in [0.717, 1.165) is 16.5 Å². The molecule has 132 valence electrons. The number of fused-ring (bicyclic) bond motifs is 1. The quantitative estimate of drug-likeness (QED) is 0.533. The summed E-state index contributed by atoms with van der Waals surface area (Å²) >= 11 is 5.80. The lowest BCUT2D eigenvalue weighted by Gasteiger charge is -2.18. The van der Waals surface area contributed by atoms with Crippen molar-refractivity contribution in [2.45, 2.75) is 0 Å². The highest BCUT2D eigenvalue weighted by molar-refractivity contribution is 6.32. The predicted molar refractivity (Wildman–Crippen MR) is 104 cm³/mol. The molecule has 0 unspecified atom stereocenters. The van der Waals surface area contributed by atoms with E-state index in [-0.39, 0.29) is 16.3 Å². The highest BCUT2D eigenvalue weighted by Crippen LogP contribution is 2.32. The summed E-state index contributed by atoms with van der Waals surface area (Å²) in [5.41, 5.74) is 1.53. The minimum atomic E-state index is -0.611. The average Bonchev–Trinajstić information content (AvgIpc) is 2.61. The van der Waals surface area contributed by atoms with Gasteiger partial charge in [0.05, 0.1) is 4.92 Å². The Bertz CT molecular complexity index is 1020. The SMILES string of the molecule is CN(C)c1ccc(NC(=O)c2ccc(Cl)c([N+](=O)[O-])c2)c2ccccc12. The maximum Gasteiger partial charge on any atom is 0.288 e. The first-order chi connectivity index (χ1) is 12.4. The van der Waals surface area contributed by atoms with Gasteiger partial charge >= 0.3 is 0 Å². The number of hydrogen-bond acceptors (Lipinski definition) is 4. The number of carbonyl (C=O) groups is 1. The molecular weight excluding hydrogens is 354 g/mol. The summed E-state index contributed by atoms with van der Waals surface area (Å²) in [5, 5.41) is 15.7. The Morgan fingerprint density at radius 1 is 1.08 bits per heavy atom. The van der Waals surface area contributed by atoms with Gasteiger partial charge in [0.15, 0.2) is 0 Å². The van der Waals surface area contributed by atoms with Crippen LogP contribution in [0.25, 0.3) is 10.8 Å². The number of nitro benzene ring substituents is 1. The van der Waals surface area contributed by atoms with Crippen LogP contribution in [0.3, 0.4) is 0 Å². The molecule has 3 aromatic rings. The first-order valence-corrected chi connectivity index (χ1v) is 8.20. The maximum atomic E-state index is 12.6. The second kappa shape index (κ2) is 7.01. The fourth-order valence-corrected chi connectivity index (χ4v) is 2.96. The van der Waals surface area contributed by atoms with Crippen LogP contribution in [0.5, 0.6) is 0 Å². The van der Waals surface area contributed by atoms with Gasteiger partial charge in [0, 0.05) is 47.9 Å². The van der Waals surface area contributed by atoms with Gasteiger partial charge in [-0.3, -0.25) is 14.9 Å². The van der Waals surface area contributed by atoms with Gasteiger partial charge in [0.2, 0.25) is 0 Å². The van der Waals surface area contributed by atoms with E-state index in [1.54, 1.807) is 0 Å². The Morgan fingerprint density at radius 3 is 2.42 bits per heavy atom. The lowest BCUT2D eigenvalue weighted by molar-refractivity contribution is -0.384. The van der Waals surface area contributed by atoms with Gasteiger partial charge in [-0.2, -0.15) is 0 Å². The molecule has 3 rings (SSSR count). The molecule has 0 saturated carbocycles. The summed E-state index contributed by atoms with van der Waals surface area (Å²) in [6, 6.07) is 15.4. The highest BCUT2D eigenvalue weighted by atomic mass is 35.5. The summed E-state index contributed by atoms with van der Waals surface area (Å²) in [7, 11) is 3.90. The van der Waals surface area contributed by atoms with Gasteiger partial charge in [-0.1, -0.05) is 35.9 Å². The van der Waals surface area contributed by atoms with Crippen molar-refractivity contribution < 1.29 is 9.72 Å². The summed E-state index contributed by atoms with van der Waals surface area (Å²) < 4.78 is 0. The van der Waals surface area contributed by atoms with Crippen molar-refractivity contribution >= 4 is 45.3 Å². The molecule has 0 aliphatic rings. The Morgan fingerprint density at radius 2 is 1.77 bits per heavy atom. The van der Waals surface area contributed by atoms with Gasteiger partial charge in [-0.05, 0) is 24.3 Å². The fourth-order valence-electron chi connectivity index (χ4n) is 2.77. The molecule has 0 atom stereocenters. The number of benzene rings is 3. The van der Waals surface area contributed by atoms with Crippen molar-refractivity contribution in [3.63, 3.8) is 0 Å². The number of carbonyl (C=O) groups excluding carboxylic acids is 1. The van der Waals surface area contributed by atoms with Crippen LogP contribution >= 0.6 is 11.6 Å². The van der Waals surface area contributed by atoms with Gasteiger partial charge in [-0.25, -0.2) is 0 Å². The van der Waals surface area contributed by atoms with Gasteiger partial charge in [0.1, 0.15) is 5.02 Å². The van der Waals surface area contributed by atoms with Crippen LogP contribution in [0.2, 0.25) is 5.02 Å². The molecule has 6 nitrogen and oxygen atoms in total. The lowest BCUT2D eigenvalue weighted by Crippen LogP contribution is -2.13. The summed E-state index contributed by atoms with van der Waals surface area (Å²) in [6.07, 6.45) is 0. The number of nitrogens with zero attached hydrogens (tertiary/aromatic N) is 2. The second-order valence-electron chi connectivity index (χ2n) is 5.95. The van der Waals surface area contributed by atoms with Gasteiger partial charge < -0.3 is 10.2 Å². The molecule has 3 aromatic carbocycles. The van der Waals surface area contributed by atoms with E-state index >= 15 is 0 Å². The molecular formula is C19H16ClN3O3. The van der Waals surface area contributed by atoms with Crippen molar-refractivity contribution in [3.8, 4) is 0 Å². The standard InChI is InChI=1S/C19H16ClN3O3/c1-22(2)17-10-9-16(13-5-3-4-6-14(13)17)21-19(24)12-7-8-15(20)18(11-12)23(25)26/h3-11H,1-2H3,(H,21,24). The molecule has 0 saturated heterocycles. The van der Waals surface area contributed by atoms with Crippen LogP contribution in [-0.4, -0.2) is 24.9 Å². The van der Waals surface area contributed by atoms with Crippen LogP contribution in [0.15, 0.2) is 54.6 Å². The summed E-state index contributed by atoms with van der Waals surface area (Å²) in [4.78, 5) is 25.0. The maximum absolute atomic E-state index is 12.6. The van der Waals surface area contributed by atoms with Gasteiger partial charge in [-0.15, -0.1) is 0 Å². The first kappa shape index (κ1) is 17.7. The van der Waals surface area contributed by atoms with Gasteiger partial charge in [0.25, 0.3) is 11.6 Å². The number of hydrogen-bond donors (Lipinski definition) is 1. The minimum Gasteiger partial charge on any atom is -0.377 e. The van der Waals surface area contributed by atoms with Crippen LogP contribution in [0.1, 0.15) is 10.4 Å². The summed E-state index contributed by atoms with van der Waals surface area (Å²) in [5.74, 6) is -0.437. The van der Waals surface area contributed by atoms with Crippen LogP contribution in [-0.2, 0) is 0 Å². The Labute approximate surface area is 155 Å². The topological polar surface area (TPSA) is 75.5 Å². The second-order valence-corrected chi connectivity index (χ2v) is 6.36. The molecule has 0 radical (unpaired) electrons. The Kier molecular flexibility index (Phi) is 4.77. The molecule has 0 aromatic heterocycles. The van der Waals surface area contributed by atoms with E-state index in [1.165, 1.54) is 18.2 Å². The number of nitro groups is 1. The minimum absolute atomic E-state index is 0.00710. The third-order valence-electron chi connectivity index (χ3n) is 4.04. The largest absolute Gasteiger partial charge is 0.377 e. The third-order valence-corrected chi connectivity index (χ3v) is 4.36. The van der Waals surface area contributed by atoms with Crippen molar-refractivity contribution in [1.82, 2.24) is 0 Å². The molecule has 7 heteroatoms. The summed E-state index contributed by atoms with van der Waals surface area (Å²) in [6.45, 7) is 0. The number of rotatable bonds is 4. The molecule has 1 N–H and O–H groups in total. The third kappa shape index (κ3) is 3.32. The molecule has 0 bridgehead atoms. The molecule has 0 fully saturated rings. The molecule has 1 amide bonds. The zero-order valence-corrected chi connectivity index (χ0v) is 14.9. The van der Waals surface area contributed by atoms with Crippen molar-refractivity contribution in [1.29, 1.82) is 0 Å². The molecule has 0 aliphatic heterocycles. The highest BCUT2D eigenvalue weighted by Gasteiger charge is 2.17. The molecule has 0 spiro atoms. The van der Waals surface area contributed by atoms with E-state index in [9.17, 15) is 14.9 Å².